The van der Waals surface area contributed by atoms with Crippen molar-refractivity contribution in [2.45, 2.75) is 48.0 Å². The highest BCUT2D eigenvalue weighted by molar-refractivity contribution is 4.76. The van der Waals surface area contributed by atoms with Crippen molar-refractivity contribution >= 4 is 0 Å². The monoisotopic (exact) mass is 228 g/mol. The standard InChI is InChI=1S/C14H32N2/c1-7-9-15-11-14(5,6)12-16(8-2)10-13(3)4/h13,15H,7-12H2,1-6H3. The highest BCUT2D eigenvalue weighted by atomic mass is 15.1. The van der Waals surface area contributed by atoms with E-state index in [1.807, 2.05) is 0 Å². The van der Waals surface area contributed by atoms with Crippen LogP contribution < -0.4 is 5.32 Å². The first kappa shape index (κ1) is 15.9. The second-order valence-electron chi connectivity index (χ2n) is 6.06. The summed E-state index contributed by atoms with van der Waals surface area (Å²) in [4.78, 5) is 2.57. The van der Waals surface area contributed by atoms with E-state index < -0.39 is 0 Å². The second kappa shape index (κ2) is 8.08. The Morgan fingerprint density at radius 1 is 1.19 bits per heavy atom. The molecule has 0 saturated heterocycles. The Morgan fingerprint density at radius 2 is 1.81 bits per heavy atom. The number of hydrogen-bond donors (Lipinski definition) is 1. The van der Waals surface area contributed by atoms with E-state index in [0.29, 0.717) is 5.41 Å². The number of nitrogens with one attached hydrogen (secondary N) is 1. The van der Waals surface area contributed by atoms with Crippen molar-refractivity contribution in [2.24, 2.45) is 11.3 Å². The van der Waals surface area contributed by atoms with Gasteiger partial charge in [0.25, 0.3) is 0 Å². The molecule has 0 amide bonds. The van der Waals surface area contributed by atoms with E-state index in [2.05, 4.69) is 51.8 Å². The normalized spacial score (nSPS) is 12.8. The Balaban J connectivity index is 3.98. The van der Waals surface area contributed by atoms with E-state index >= 15 is 0 Å². The molecule has 0 saturated carbocycles. The molecule has 0 atom stereocenters. The molecule has 0 unspecified atom stereocenters. The molecule has 16 heavy (non-hydrogen) atoms. The molecule has 0 fully saturated rings. The summed E-state index contributed by atoms with van der Waals surface area (Å²) in [7, 11) is 0. The molecule has 0 aliphatic heterocycles. The maximum absolute atomic E-state index is 3.53. The molecule has 0 rings (SSSR count). The molecule has 2 heteroatoms. The lowest BCUT2D eigenvalue weighted by Gasteiger charge is -2.33. The van der Waals surface area contributed by atoms with Crippen LogP contribution in [-0.4, -0.2) is 37.6 Å². The van der Waals surface area contributed by atoms with E-state index in [9.17, 15) is 0 Å². The Kier molecular flexibility index (Phi) is 8.04. The van der Waals surface area contributed by atoms with E-state index in [0.717, 1.165) is 25.6 Å². The summed E-state index contributed by atoms with van der Waals surface area (Å²) in [5, 5.41) is 3.53. The lowest BCUT2D eigenvalue weighted by molar-refractivity contribution is 0.166. The molecule has 0 aromatic heterocycles. The van der Waals surface area contributed by atoms with Gasteiger partial charge in [-0.05, 0) is 30.8 Å². The first-order valence-corrected chi connectivity index (χ1v) is 6.84. The smallest absolute Gasteiger partial charge is 0.00448 e. The molecule has 0 radical (unpaired) electrons. The van der Waals surface area contributed by atoms with E-state index in [1.54, 1.807) is 0 Å². The lowest BCUT2D eigenvalue weighted by Crippen LogP contribution is -2.41. The SMILES string of the molecule is CCCNCC(C)(C)CN(CC)CC(C)C. The molecule has 0 spiro atoms. The van der Waals surface area contributed by atoms with Crippen LogP contribution in [0.25, 0.3) is 0 Å². The van der Waals surface area contributed by atoms with E-state index in [1.165, 1.54) is 19.5 Å². The number of hydrogen-bond acceptors (Lipinski definition) is 2. The van der Waals surface area contributed by atoms with Crippen LogP contribution in [0.5, 0.6) is 0 Å². The van der Waals surface area contributed by atoms with Gasteiger partial charge in [0, 0.05) is 19.6 Å². The van der Waals surface area contributed by atoms with Crippen LogP contribution in [0.1, 0.15) is 48.0 Å². The van der Waals surface area contributed by atoms with Crippen LogP contribution in [-0.2, 0) is 0 Å². The van der Waals surface area contributed by atoms with Crippen LogP contribution in [0.3, 0.4) is 0 Å². The van der Waals surface area contributed by atoms with Gasteiger partial charge in [-0.25, -0.2) is 0 Å². The van der Waals surface area contributed by atoms with Gasteiger partial charge in [-0.3, -0.25) is 0 Å². The molecular weight excluding hydrogens is 196 g/mol. The van der Waals surface area contributed by atoms with Gasteiger partial charge in [-0.1, -0.05) is 41.5 Å². The third kappa shape index (κ3) is 8.12. The van der Waals surface area contributed by atoms with Crippen molar-refractivity contribution in [1.82, 2.24) is 10.2 Å². The Hall–Kier alpha value is -0.0800. The van der Waals surface area contributed by atoms with Crippen LogP contribution in [0.4, 0.5) is 0 Å². The van der Waals surface area contributed by atoms with Crippen LogP contribution in [0.2, 0.25) is 0 Å². The van der Waals surface area contributed by atoms with Gasteiger partial charge in [-0.15, -0.1) is 0 Å². The minimum Gasteiger partial charge on any atom is -0.316 e. The first-order valence-electron chi connectivity index (χ1n) is 6.84. The van der Waals surface area contributed by atoms with Gasteiger partial charge in [0.1, 0.15) is 0 Å². The summed E-state index contributed by atoms with van der Waals surface area (Å²) in [6.07, 6.45) is 1.22. The third-order valence-corrected chi connectivity index (χ3v) is 2.75. The predicted octanol–water partition coefficient (Wildman–Crippen LogP) is 2.99. The largest absolute Gasteiger partial charge is 0.316 e. The number of rotatable bonds is 9. The predicted molar refractivity (Wildman–Crippen MR) is 73.9 cm³/mol. The zero-order valence-corrected chi connectivity index (χ0v) is 12.3. The molecule has 0 aliphatic rings. The Morgan fingerprint density at radius 3 is 2.25 bits per heavy atom. The molecule has 0 heterocycles. The molecule has 0 aliphatic carbocycles. The number of nitrogens with zero attached hydrogens (tertiary/aromatic N) is 1. The molecule has 0 aromatic carbocycles. The zero-order chi connectivity index (χ0) is 12.6. The molecule has 2 nitrogen and oxygen atoms in total. The highest BCUT2D eigenvalue weighted by Crippen LogP contribution is 2.16. The second-order valence-corrected chi connectivity index (χ2v) is 6.06. The van der Waals surface area contributed by atoms with Crippen molar-refractivity contribution < 1.29 is 0 Å². The third-order valence-electron chi connectivity index (χ3n) is 2.75. The highest BCUT2D eigenvalue weighted by Gasteiger charge is 2.20. The van der Waals surface area contributed by atoms with Gasteiger partial charge < -0.3 is 10.2 Å². The summed E-state index contributed by atoms with van der Waals surface area (Å²) in [5.74, 6) is 0.763. The maximum Gasteiger partial charge on any atom is 0.00448 e. The summed E-state index contributed by atoms with van der Waals surface area (Å²) < 4.78 is 0. The molecular formula is C14H32N2. The van der Waals surface area contributed by atoms with E-state index in [-0.39, 0.29) is 0 Å². The average Bonchev–Trinajstić information content (AvgIpc) is 2.15. The molecule has 98 valence electrons. The fourth-order valence-electron chi connectivity index (χ4n) is 2.09. The van der Waals surface area contributed by atoms with Crippen LogP contribution >= 0.6 is 0 Å². The summed E-state index contributed by atoms with van der Waals surface area (Å²) >= 11 is 0. The molecule has 1 N–H and O–H groups in total. The van der Waals surface area contributed by atoms with Crippen LogP contribution in [0, 0.1) is 11.3 Å². The minimum absolute atomic E-state index is 0.375. The zero-order valence-electron chi connectivity index (χ0n) is 12.3. The fourth-order valence-corrected chi connectivity index (χ4v) is 2.09. The van der Waals surface area contributed by atoms with Gasteiger partial charge in [0.2, 0.25) is 0 Å². The van der Waals surface area contributed by atoms with Gasteiger partial charge in [0.15, 0.2) is 0 Å². The van der Waals surface area contributed by atoms with Crippen molar-refractivity contribution in [3.63, 3.8) is 0 Å². The quantitative estimate of drug-likeness (QED) is 0.610. The summed E-state index contributed by atoms with van der Waals surface area (Å²) in [6, 6.07) is 0. The molecule has 0 aromatic rings. The summed E-state index contributed by atoms with van der Waals surface area (Å²) in [6.45, 7) is 19.6. The van der Waals surface area contributed by atoms with Gasteiger partial charge in [0.05, 0.1) is 0 Å². The average molecular weight is 228 g/mol. The molecule has 0 bridgehead atoms. The van der Waals surface area contributed by atoms with Gasteiger partial charge >= 0.3 is 0 Å². The topological polar surface area (TPSA) is 15.3 Å². The summed E-state index contributed by atoms with van der Waals surface area (Å²) in [5.41, 5.74) is 0.375. The minimum atomic E-state index is 0.375. The first-order chi connectivity index (χ1) is 7.41. The maximum atomic E-state index is 3.53. The van der Waals surface area contributed by atoms with Crippen molar-refractivity contribution in [3.8, 4) is 0 Å². The van der Waals surface area contributed by atoms with E-state index in [4.69, 9.17) is 0 Å². The lowest BCUT2D eigenvalue weighted by atomic mass is 9.92. The fraction of sp³-hybridized carbons (Fsp3) is 1.00. The Bertz CT molecular complexity index is 164. The van der Waals surface area contributed by atoms with Crippen molar-refractivity contribution in [1.29, 1.82) is 0 Å². The Labute approximate surface area is 103 Å². The van der Waals surface area contributed by atoms with Crippen molar-refractivity contribution in [2.75, 3.05) is 32.7 Å². The van der Waals surface area contributed by atoms with Crippen LogP contribution in [0.15, 0.2) is 0 Å². The van der Waals surface area contributed by atoms with Crippen molar-refractivity contribution in [3.05, 3.63) is 0 Å². The van der Waals surface area contributed by atoms with Gasteiger partial charge in [-0.2, -0.15) is 0 Å².